The average Bonchev–Trinajstić information content (AvgIpc) is 3.64. The van der Waals surface area contributed by atoms with E-state index < -0.39 is 0 Å². The van der Waals surface area contributed by atoms with Crippen molar-refractivity contribution < 1.29 is 9.53 Å². The van der Waals surface area contributed by atoms with E-state index in [4.69, 9.17) is 29.7 Å². The van der Waals surface area contributed by atoms with Gasteiger partial charge in [-0.05, 0) is 80.1 Å². The summed E-state index contributed by atoms with van der Waals surface area (Å²) < 4.78 is 5.08. The van der Waals surface area contributed by atoms with Crippen LogP contribution in [0.25, 0.3) is 11.3 Å². The Morgan fingerprint density at radius 3 is 2.30 bits per heavy atom. The standard InChI is InChI=1S/C37H47N7O2/c1-23-12-16-38-33(23)34-27(36(2,3)4)20-41-31(44-34)17-24-7-9-25(10-8-24)32(30(45)11-13-37(5)14-15-37)29-22-39-28(21-40-29)26-18-42-35(46-6)43-19-26/h12,18-22,24-25,32H,7-11,13-17H2,1-6H3. The Balaban J connectivity index is 1.16. The second-order valence-corrected chi connectivity index (χ2v) is 14.9. The molecule has 3 aliphatic rings. The molecule has 3 aromatic rings. The second-order valence-electron chi connectivity index (χ2n) is 14.9. The molecular weight excluding hydrogens is 574 g/mol. The molecule has 242 valence electrons. The van der Waals surface area contributed by atoms with Gasteiger partial charge in [0.15, 0.2) is 0 Å². The number of methoxy groups -OCH3 is 1. The van der Waals surface area contributed by atoms with Gasteiger partial charge in [-0.3, -0.25) is 19.8 Å². The van der Waals surface area contributed by atoms with Crippen LogP contribution < -0.4 is 4.74 Å². The number of ketones is 1. The van der Waals surface area contributed by atoms with E-state index in [1.54, 1.807) is 24.8 Å². The number of hydrogen-bond donors (Lipinski definition) is 0. The molecule has 2 saturated carbocycles. The predicted octanol–water partition coefficient (Wildman–Crippen LogP) is 7.06. The van der Waals surface area contributed by atoms with Crippen molar-refractivity contribution in [2.75, 3.05) is 13.7 Å². The van der Waals surface area contributed by atoms with Crippen LogP contribution in [0.5, 0.6) is 6.01 Å². The van der Waals surface area contributed by atoms with Crippen molar-refractivity contribution in [2.24, 2.45) is 22.2 Å². The highest BCUT2D eigenvalue weighted by molar-refractivity contribution is 6.13. The Kier molecular flexibility index (Phi) is 9.12. The zero-order valence-corrected chi connectivity index (χ0v) is 28.2. The van der Waals surface area contributed by atoms with E-state index in [0.717, 1.165) is 79.1 Å². The van der Waals surface area contributed by atoms with Crippen LogP contribution in [0.4, 0.5) is 0 Å². The molecule has 0 spiro atoms. The molecule has 4 heterocycles. The fraction of sp³-hybridized carbons (Fsp3) is 0.568. The number of carbonyl (C=O) groups excluding carboxylic acids is 1. The van der Waals surface area contributed by atoms with E-state index in [-0.39, 0.29) is 17.3 Å². The number of rotatable bonds is 11. The Morgan fingerprint density at radius 1 is 0.978 bits per heavy atom. The molecule has 9 heteroatoms. The number of Topliss-reactive ketones (excluding diaryl/α,β-unsaturated/α-hetero) is 1. The monoisotopic (exact) mass is 621 g/mol. The van der Waals surface area contributed by atoms with E-state index in [9.17, 15) is 4.79 Å². The molecule has 46 heavy (non-hydrogen) atoms. The highest BCUT2D eigenvalue weighted by Gasteiger charge is 2.40. The first-order valence-electron chi connectivity index (χ1n) is 16.8. The maximum absolute atomic E-state index is 13.9. The fourth-order valence-electron chi connectivity index (χ4n) is 6.90. The van der Waals surface area contributed by atoms with Crippen LogP contribution in [0.3, 0.4) is 0 Å². The predicted molar refractivity (Wildman–Crippen MR) is 179 cm³/mol. The summed E-state index contributed by atoms with van der Waals surface area (Å²) in [6, 6.07) is 0.309. The van der Waals surface area contributed by atoms with Gasteiger partial charge in [0.2, 0.25) is 0 Å². The highest BCUT2D eigenvalue weighted by Crippen LogP contribution is 2.50. The lowest BCUT2D eigenvalue weighted by molar-refractivity contribution is -0.122. The molecule has 3 aromatic heterocycles. The van der Waals surface area contributed by atoms with Gasteiger partial charge in [0.1, 0.15) is 11.6 Å². The van der Waals surface area contributed by atoms with E-state index in [2.05, 4.69) is 50.7 Å². The second kappa shape index (κ2) is 13.1. The summed E-state index contributed by atoms with van der Waals surface area (Å²) in [7, 11) is 1.54. The third-order valence-electron chi connectivity index (χ3n) is 10.2. The van der Waals surface area contributed by atoms with Crippen molar-refractivity contribution in [3.8, 4) is 17.3 Å². The lowest BCUT2D eigenvalue weighted by Gasteiger charge is -2.33. The first-order chi connectivity index (χ1) is 22.0. The van der Waals surface area contributed by atoms with Crippen molar-refractivity contribution in [2.45, 2.75) is 104 Å². The molecule has 1 unspecified atom stereocenters. The Hall–Kier alpha value is -3.88. The fourth-order valence-corrected chi connectivity index (χ4v) is 6.90. The Labute approximate surface area is 272 Å². The van der Waals surface area contributed by atoms with Gasteiger partial charge < -0.3 is 4.74 Å². The van der Waals surface area contributed by atoms with Gasteiger partial charge in [0, 0.05) is 48.8 Å². The summed E-state index contributed by atoms with van der Waals surface area (Å²) in [5.74, 6) is 1.69. The summed E-state index contributed by atoms with van der Waals surface area (Å²) in [4.78, 5) is 46.5. The molecule has 0 amide bonds. The van der Waals surface area contributed by atoms with E-state index >= 15 is 0 Å². The Bertz CT molecular complexity index is 1610. The van der Waals surface area contributed by atoms with Crippen molar-refractivity contribution in [3.05, 3.63) is 65.4 Å². The minimum absolute atomic E-state index is 0.0701. The van der Waals surface area contributed by atoms with Gasteiger partial charge in [0.05, 0.1) is 48.6 Å². The SMILES string of the molecule is COc1ncc(-c2cnc(C(C(=O)CCC3(C)CC3)C3CCC(Cc4ncc(C(C)(C)C)c(C5=NCC=C5C)n4)CC3)cn2)cn1. The normalized spacial score (nSPS) is 21.3. The number of carbonyl (C=O) groups is 1. The molecule has 2 aliphatic carbocycles. The van der Waals surface area contributed by atoms with Crippen LogP contribution in [-0.4, -0.2) is 55.1 Å². The number of aliphatic imine (C=N–C) groups is 1. The molecule has 0 aromatic carbocycles. The van der Waals surface area contributed by atoms with Crippen molar-refractivity contribution in [1.82, 2.24) is 29.9 Å². The van der Waals surface area contributed by atoms with Crippen LogP contribution in [0, 0.1) is 17.3 Å². The molecule has 0 saturated heterocycles. The maximum atomic E-state index is 13.9. The van der Waals surface area contributed by atoms with E-state index in [0.29, 0.717) is 35.2 Å². The summed E-state index contributed by atoms with van der Waals surface area (Å²) >= 11 is 0. The van der Waals surface area contributed by atoms with Gasteiger partial charge in [0.25, 0.3) is 0 Å². The van der Waals surface area contributed by atoms with E-state index in [1.165, 1.54) is 25.5 Å². The molecule has 0 bridgehead atoms. The van der Waals surface area contributed by atoms with Crippen LogP contribution in [0.2, 0.25) is 0 Å². The van der Waals surface area contributed by atoms with Gasteiger partial charge in [-0.15, -0.1) is 0 Å². The molecule has 0 radical (unpaired) electrons. The first kappa shape index (κ1) is 32.1. The van der Waals surface area contributed by atoms with Gasteiger partial charge >= 0.3 is 6.01 Å². The van der Waals surface area contributed by atoms with Gasteiger partial charge in [-0.1, -0.05) is 33.8 Å². The lowest BCUT2D eigenvalue weighted by Crippen LogP contribution is -2.28. The molecule has 2 fully saturated rings. The van der Waals surface area contributed by atoms with Crippen LogP contribution in [-0.2, 0) is 16.6 Å². The number of allylic oxidation sites excluding steroid dienone is 1. The quantitative estimate of drug-likeness (QED) is 0.223. The minimum atomic E-state index is -0.235. The van der Waals surface area contributed by atoms with Crippen molar-refractivity contribution >= 4 is 11.5 Å². The molecule has 9 nitrogen and oxygen atoms in total. The zero-order valence-electron chi connectivity index (χ0n) is 28.2. The van der Waals surface area contributed by atoms with Gasteiger partial charge in [-0.25, -0.2) is 19.9 Å². The smallest absolute Gasteiger partial charge is 0.316 e. The number of hydrogen-bond acceptors (Lipinski definition) is 9. The Morgan fingerprint density at radius 2 is 1.72 bits per heavy atom. The lowest BCUT2D eigenvalue weighted by atomic mass is 9.72. The molecular formula is C37H47N7O2. The molecule has 1 atom stereocenters. The van der Waals surface area contributed by atoms with Crippen LogP contribution >= 0.6 is 0 Å². The summed E-state index contributed by atoms with van der Waals surface area (Å²) in [6.07, 6.45) is 20.0. The zero-order chi connectivity index (χ0) is 32.5. The van der Waals surface area contributed by atoms with Crippen LogP contribution in [0.15, 0.2) is 47.6 Å². The maximum Gasteiger partial charge on any atom is 0.316 e. The summed E-state index contributed by atoms with van der Waals surface area (Å²) in [5.41, 5.74) is 6.80. The summed E-state index contributed by atoms with van der Waals surface area (Å²) in [6.45, 7) is 11.8. The topological polar surface area (TPSA) is 116 Å². The number of nitrogens with zero attached hydrogens (tertiary/aromatic N) is 7. The molecule has 6 rings (SSSR count). The first-order valence-corrected chi connectivity index (χ1v) is 16.8. The van der Waals surface area contributed by atoms with Crippen molar-refractivity contribution in [1.29, 1.82) is 0 Å². The number of ether oxygens (including phenoxy) is 1. The molecule has 0 N–H and O–H groups in total. The highest BCUT2D eigenvalue weighted by atomic mass is 16.5. The average molecular weight is 622 g/mol. The summed E-state index contributed by atoms with van der Waals surface area (Å²) in [5, 5.41) is 0. The third kappa shape index (κ3) is 7.24. The number of aromatic nitrogens is 6. The molecule has 1 aliphatic heterocycles. The van der Waals surface area contributed by atoms with E-state index in [1.807, 2.05) is 6.20 Å². The van der Waals surface area contributed by atoms with Gasteiger partial charge in [-0.2, -0.15) is 0 Å². The minimum Gasteiger partial charge on any atom is -0.467 e. The van der Waals surface area contributed by atoms with Crippen LogP contribution in [0.1, 0.15) is 115 Å². The largest absolute Gasteiger partial charge is 0.467 e. The third-order valence-corrected chi connectivity index (χ3v) is 10.2. The van der Waals surface area contributed by atoms with Crippen molar-refractivity contribution in [3.63, 3.8) is 0 Å².